The summed E-state index contributed by atoms with van der Waals surface area (Å²) in [5.74, 6) is -0.638. The van der Waals surface area contributed by atoms with Crippen LogP contribution in [0.1, 0.15) is 27.9 Å². The van der Waals surface area contributed by atoms with Gasteiger partial charge in [-0.3, -0.25) is 0 Å². The van der Waals surface area contributed by atoms with Gasteiger partial charge in [-0.25, -0.2) is 9.78 Å². The number of fused-ring (bicyclic) bond motifs is 1. The number of aromatic carboxylic acids is 1. The molecule has 0 fully saturated rings. The molecule has 1 aliphatic rings. The van der Waals surface area contributed by atoms with Gasteiger partial charge in [-0.2, -0.15) is 0 Å². The number of pyridine rings is 1. The van der Waals surface area contributed by atoms with Gasteiger partial charge in [0.1, 0.15) is 11.4 Å². The van der Waals surface area contributed by atoms with Crippen molar-refractivity contribution >= 4 is 33.4 Å². The lowest BCUT2D eigenvalue weighted by Gasteiger charge is -2.10. The van der Waals surface area contributed by atoms with E-state index < -0.39 is 5.97 Å². The number of carbonyl (C=O) groups is 1. The molecule has 0 saturated carbocycles. The van der Waals surface area contributed by atoms with Gasteiger partial charge in [-0.05, 0) is 64.5 Å². The van der Waals surface area contributed by atoms with Crippen LogP contribution in [0.15, 0.2) is 34.9 Å². The number of nitrogens with zero attached hydrogens (tertiary/aromatic N) is 1. The zero-order valence-electron chi connectivity index (χ0n) is 10.7. The molecule has 0 radical (unpaired) electrons. The number of aryl methyl sites for hydroxylation is 2. The lowest BCUT2D eigenvalue weighted by molar-refractivity contribution is 0.0697. The second-order valence-electron chi connectivity index (χ2n) is 4.82. The van der Waals surface area contributed by atoms with E-state index in [9.17, 15) is 9.90 Å². The minimum absolute atomic E-state index is 0.153. The van der Waals surface area contributed by atoms with Gasteiger partial charge in [0.25, 0.3) is 0 Å². The van der Waals surface area contributed by atoms with E-state index in [4.69, 9.17) is 0 Å². The Morgan fingerprint density at radius 1 is 1.25 bits per heavy atom. The number of carboxylic acids is 1. The van der Waals surface area contributed by atoms with Crippen LogP contribution >= 0.6 is 15.9 Å². The average Bonchev–Trinajstić information content (AvgIpc) is 2.88. The molecule has 0 unspecified atom stereocenters. The highest BCUT2D eigenvalue weighted by Gasteiger charge is 2.14. The van der Waals surface area contributed by atoms with E-state index in [1.807, 2.05) is 6.07 Å². The average molecular weight is 333 g/mol. The van der Waals surface area contributed by atoms with E-state index in [1.165, 1.54) is 17.5 Å². The molecule has 0 saturated heterocycles. The zero-order valence-corrected chi connectivity index (χ0v) is 12.3. The number of carboxylic acid groups (broad SMARTS) is 1. The maximum atomic E-state index is 11.3. The molecule has 20 heavy (non-hydrogen) atoms. The van der Waals surface area contributed by atoms with Crippen molar-refractivity contribution in [1.29, 1.82) is 0 Å². The second-order valence-corrected chi connectivity index (χ2v) is 5.73. The second kappa shape index (κ2) is 5.25. The third kappa shape index (κ3) is 2.54. The van der Waals surface area contributed by atoms with Gasteiger partial charge in [-0.15, -0.1) is 0 Å². The van der Waals surface area contributed by atoms with E-state index >= 15 is 0 Å². The summed E-state index contributed by atoms with van der Waals surface area (Å²) < 4.78 is 0.648. The summed E-state index contributed by atoms with van der Waals surface area (Å²) in [4.78, 5) is 15.4. The van der Waals surface area contributed by atoms with Gasteiger partial charge in [0.05, 0.1) is 0 Å². The summed E-state index contributed by atoms with van der Waals surface area (Å²) in [5, 5.41) is 12.3. The number of nitrogens with one attached hydrogen (secondary N) is 1. The Kier molecular flexibility index (Phi) is 3.44. The predicted octanol–water partition coefficient (Wildman–Crippen LogP) is 3.77. The topological polar surface area (TPSA) is 62.2 Å². The van der Waals surface area contributed by atoms with Crippen molar-refractivity contribution in [3.05, 3.63) is 51.6 Å². The smallest absolute Gasteiger partial charge is 0.339 e. The first-order chi connectivity index (χ1) is 9.63. The van der Waals surface area contributed by atoms with Gasteiger partial charge < -0.3 is 10.4 Å². The molecule has 4 nitrogen and oxygen atoms in total. The molecule has 2 aromatic rings. The van der Waals surface area contributed by atoms with Crippen LogP contribution in [0.3, 0.4) is 0 Å². The minimum atomic E-state index is -0.998. The number of aromatic nitrogens is 1. The van der Waals surface area contributed by atoms with Crippen LogP contribution in [-0.2, 0) is 12.8 Å². The maximum absolute atomic E-state index is 11.3. The van der Waals surface area contributed by atoms with Crippen molar-refractivity contribution in [3.63, 3.8) is 0 Å². The molecule has 1 aliphatic carbocycles. The van der Waals surface area contributed by atoms with Crippen LogP contribution in [0.25, 0.3) is 0 Å². The molecule has 2 N–H and O–H groups in total. The normalized spacial score (nSPS) is 13.1. The third-order valence-electron chi connectivity index (χ3n) is 3.45. The SMILES string of the molecule is O=C(O)c1cc(Br)cnc1Nc1ccc2c(c1)CCC2. The highest BCUT2D eigenvalue weighted by atomic mass is 79.9. The Morgan fingerprint density at radius 2 is 2.05 bits per heavy atom. The largest absolute Gasteiger partial charge is 0.478 e. The molecule has 102 valence electrons. The first kappa shape index (κ1) is 13.1. The third-order valence-corrected chi connectivity index (χ3v) is 3.88. The zero-order chi connectivity index (χ0) is 14.1. The van der Waals surface area contributed by atoms with Crippen LogP contribution in [0.4, 0.5) is 11.5 Å². The molecule has 5 heteroatoms. The van der Waals surface area contributed by atoms with Gasteiger partial charge in [0, 0.05) is 16.4 Å². The first-order valence-corrected chi connectivity index (χ1v) is 7.20. The molecule has 0 spiro atoms. The molecule has 3 rings (SSSR count). The fraction of sp³-hybridized carbons (Fsp3) is 0.200. The van der Waals surface area contributed by atoms with Crippen LogP contribution in [-0.4, -0.2) is 16.1 Å². The van der Waals surface area contributed by atoms with Crippen molar-refractivity contribution in [3.8, 4) is 0 Å². The van der Waals surface area contributed by atoms with Gasteiger partial charge >= 0.3 is 5.97 Å². The van der Waals surface area contributed by atoms with Crippen molar-refractivity contribution in [2.75, 3.05) is 5.32 Å². The van der Waals surface area contributed by atoms with E-state index in [0.717, 1.165) is 18.5 Å². The summed E-state index contributed by atoms with van der Waals surface area (Å²) in [7, 11) is 0. The fourth-order valence-electron chi connectivity index (χ4n) is 2.49. The van der Waals surface area contributed by atoms with Crippen LogP contribution in [0.2, 0.25) is 0 Å². The maximum Gasteiger partial charge on any atom is 0.339 e. The Bertz CT molecular complexity index is 686. The number of benzene rings is 1. The van der Waals surface area contributed by atoms with Crippen molar-refractivity contribution < 1.29 is 9.90 Å². The van der Waals surface area contributed by atoms with E-state index in [-0.39, 0.29) is 5.56 Å². The summed E-state index contributed by atoms with van der Waals surface area (Å²) >= 11 is 3.24. The van der Waals surface area contributed by atoms with Crippen LogP contribution in [0.5, 0.6) is 0 Å². The monoisotopic (exact) mass is 332 g/mol. The summed E-state index contributed by atoms with van der Waals surface area (Å²) in [6.07, 6.45) is 4.99. The first-order valence-electron chi connectivity index (χ1n) is 6.41. The van der Waals surface area contributed by atoms with Crippen LogP contribution < -0.4 is 5.32 Å². The molecular formula is C15H13BrN2O2. The van der Waals surface area contributed by atoms with E-state index in [0.29, 0.717) is 10.3 Å². The van der Waals surface area contributed by atoms with Gasteiger partial charge in [0.15, 0.2) is 0 Å². The lowest BCUT2D eigenvalue weighted by Crippen LogP contribution is -2.05. The Morgan fingerprint density at radius 3 is 2.85 bits per heavy atom. The minimum Gasteiger partial charge on any atom is -0.478 e. The van der Waals surface area contributed by atoms with Crippen LogP contribution in [0, 0.1) is 0 Å². The number of anilines is 2. The van der Waals surface area contributed by atoms with Gasteiger partial charge in [0.2, 0.25) is 0 Å². The van der Waals surface area contributed by atoms with Crippen molar-refractivity contribution in [1.82, 2.24) is 4.98 Å². The summed E-state index contributed by atoms with van der Waals surface area (Å²) in [6.45, 7) is 0. The highest BCUT2D eigenvalue weighted by Crippen LogP contribution is 2.27. The molecule has 1 aromatic carbocycles. The molecule has 1 aromatic heterocycles. The number of rotatable bonds is 3. The standard InChI is InChI=1S/C15H13BrN2O2/c16-11-7-13(15(19)20)14(17-8-11)18-12-5-4-9-2-1-3-10(9)6-12/h4-8H,1-3H2,(H,17,18)(H,19,20). The lowest BCUT2D eigenvalue weighted by atomic mass is 10.1. The van der Waals surface area contributed by atoms with E-state index in [1.54, 1.807) is 12.3 Å². The molecule has 0 atom stereocenters. The van der Waals surface area contributed by atoms with Crippen molar-refractivity contribution in [2.45, 2.75) is 19.3 Å². The number of hydrogen-bond donors (Lipinski definition) is 2. The Hall–Kier alpha value is -1.88. The molecule has 0 bridgehead atoms. The summed E-state index contributed by atoms with van der Waals surface area (Å²) in [6, 6.07) is 7.70. The molecule has 0 aliphatic heterocycles. The highest BCUT2D eigenvalue weighted by molar-refractivity contribution is 9.10. The quantitative estimate of drug-likeness (QED) is 0.897. The van der Waals surface area contributed by atoms with Gasteiger partial charge in [-0.1, -0.05) is 6.07 Å². The molecular weight excluding hydrogens is 320 g/mol. The molecule has 1 heterocycles. The van der Waals surface area contributed by atoms with E-state index in [2.05, 4.69) is 38.4 Å². The Balaban J connectivity index is 1.93. The number of hydrogen-bond acceptors (Lipinski definition) is 3. The number of halogens is 1. The summed E-state index contributed by atoms with van der Waals surface area (Å²) in [5.41, 5.74) is 3.75. The van der Waals surface area contributed by atoms with Crippen molar-refractivity contribution in [2.24, 2.45) is 0 Å². The fourth-order valence-corrected chi connectivity index (χ4v) is 2.82. The predicted molar refractivity (Wildman–Crippen MR) is 80.6 cm³/mol. The Labute approximate surface area is 125 Å². The molecule has 0 amide bonds.